The summed E-state index contributed by atoms with van der Waals surface area (Å²) >= 11 is 1.54. The van der Waals surface area contributed by atoms with Gasteiger partial charge in [-0.3, -0.25) is 0 Å². The van der Waals surface area contributed by atoms with Gasteiger partial charge in [-0.25, -0.2) is 18.7 Å². The van der Waals surface area contributed by atoms with Crippen molar-refractivity contribution < 1.29 is 8.78 Å². The highest BCUT2D eigenvalue weighted by molar-refractivity contribution is 7.19. The van der Waals surface area contributed by atoms with Gasteiger partial charge in [0.25, 0.3) is 0 Å². The summed E-state index contributed by atoms with van der Waals surface area (Å²) in [7, 11) is 0. The number of hydrogen-bond donors (Lipinski definition) is 2. The van der Waals surface area contributed by atoms with E-state index in [4.69, 9.17) is 12.2 Å². The fourth-order valence-electron chi connectivity index (χ4n) is 3.29. The van der Waals surface area contributed by atoms with Gasteiger partial charge >= 0.3 is 0 Å². The summed E-state index contributed by atoms with van der Waals surface area (Å²) in [6.07, 6.45) is 6.88. The van der Waals surface area contributed by atoms with Crippen molar-refractivity contribution in [2.24, 2.45) is 0 Å². The largest absolute Gasteiger partial charge is 0.382 e. The Bertz CT molecular complexity index is 1240. The fourth-order valence-corrected chi connectivity index (χ4v) is 4.52. The van der Waals surface area contributed by atoms with Crippen molar-refractivity contribution in [3.8, 4) is 23.5 Å². The van der Waals surface area contributed by atoms with Crippen LogP contribution in [-0.2, 0) is 0 Å². The Morgan fingerprint density at radius 2 is 1.86 bits per heavy atom. The Kier molecular flexibility index (Phi) is 4.87. The first-order valence-electron chi connectivity index (χ1n) is 8.79. The van der Waals surface area contributed by atoms with Crippen LogP contribution in [0.2, 0.25) is 0 Å². The van der Waals surface area contributed by atoms with E-state index in [9.17, 15) is 8.78 Å². The van der Waals surface area contributed by atoms with Crippen LogP contribution in [0.5, 0.6) is 0 Å². The number of aromatic nitrogens is 2. The number of nitrogen functional groups attached to an aromatic ring is 1. The SMILES string of the molecule is C#Cc1c(N)ncnc1NC(C)c1sc2ccccc2c1-c1cc(F)cc(F)c1. The number of rotatable bonds is 4. The summed E-state index contributed by atoms with van der Waals surface area (Å²) < 4.78 is 28.9. The number of thiophene rings is 1. The van der Waals surface area contributed by atoms with Crippen LogP contribution in [0, 0.1) is 24.0 Å². The summed E-state index contributed by atoms with van der Waals surface area (Å²) in [5.41, 5.74) is 7.47. The van der Waals surface area contributed by atoms with Crippen LogP contribution < -0.4 is 11.1 Å². The number of hydrogen-bond acceptors (Lipinski definition) is 5. The second-order valence-electron chi connectivity index (χ2n) is 6.49. The molecule has 0 spiro atoms. The Hall–Kier alpha value is -3.50. The molecule has 1 unspecified atom stereocenters. The molecule has 0 fully saturated rings. The van der Waals surface area contributed by atoms with Crippen LogP contribution in [0.4, 0.5) is 20.4 Å². The van der Waals surface area contributed by atoms with Gasteiger partial charge in [0.05, 0.1) is 6.04 Å². The van der Waals surface area contributed by atoms with E-state index in [1.54, 1.807) is 11.3 Å². The van der Waals surface area contributed by atoms with Crippen LogP contribution in [-0.4, -0.2) is 9.97 Å². The molecule has 0 saturated heterocycles. The second kappa shape index (κ2) is 7.49. The Morgan fingerprint density at radius 3 is 2.59 bits per heavy atom. The van der Waals surface area contributed by atoms with E-state index in [2.05, 4.69) is 21.2 Å². The number of benzene rings is 2. The molecular weight excluding hydrogens is 390 g/mol. The first kappa shape index (κ1) is 18.8. The summed E-state index contributed by atoms with van der Waals surface area (Å²) in [6.45, 7) is 1.93. The minimum atomic E-state index is -0.625. The molecule has 2 aromatic carbocycles. The molecule has 7 heteroatoms. The van der Waals surface area contributed by atoms with Gasteiger partial charge in [-0.2, -0.15) is 0 Å². The molecule has 4 rings (SSSR count). The van der Waals surface area contributed by atoms with Gasteiger partial charge in [-0.15, -0.1) is 17.8 Å². The van der Waals surface area contributed by atoms with E-state index < -0.39 is 11.6 Å². The van der Waals surface area contributed by atoms with E-state index >= 15 is 0 Å². The molecule has 29 heavy (non-hydrogen) atoms. The van der Waals surface area contributed by atoms with Crippen molar-refractivity contribution >= 4 is 33.1 Å². The molecule has 144 valence electrons. The molecule has 2 heterocycles. The first-order valence-corrected chi connectivity index (χ1v) is 9.61. The van der Waals surface area contributed by atoms with Gasteiger partial charge < -0.3 is 11.1 Å². The van der Waals surface area contributed by atoms with Gasteiger partial charge in [-0.1, -0.05) is 24.1 Å². The third-order valence-electron chi connectivity index (χ3n) is 4.54. The molecule has 4 aromatic rings. The lowest BCUT2D eigenvalue weighted by Gasteiger charge is -2.17. The van der Waals surface area contributed by atoms with Gasteiger partial charge in [-0.05, 0) is 30.7 Å². The van der Waals surface area contributed by atoms with Gasteiger partial charge in [0.1, 0.15) is 35.2 Å². The minimum Gasteiger partial charge on any atom is -0.382 e. The number of nitrogens with two attached hydrogens (primary N) is 1. The molecule has 0 aliphatic carbocycles. The lowest BCUT2D eigenvalue weighted by molar-refractivity contribution is 0.584. The van der Waals surface area contributed by atoms with E-state index in [0.29, 0.717) is 16.9 Å². The smallest absolute Gasteiger partial charge is 0.147 e. The monoisotopic (exact) mass is 406 g/mol. The van der Waals surface area contributed by atoms with Crippen molar-refractivity contribution in [3.05, 3.63) is 70.9 Å². The molecule has 0 bridgehead atoms. The van der Waals surface area contributed by atoms with Crippen LogP contribution in [0.1, 0.15) is 23.4 Å². The number of terminal acetylenes is 1. The third-order valence-corrected chi connectivity index (χ3v) is 5.89. The van der Waals surface area contributed by atoms with Gasteiger partial charge in [0.2, 0.25) is 0 Å². The third kappa shape index (κ3) is 3.50. The predicted octanol–water partition coefficient (Wildman–Crippen LogP) is 5.37. The van der Waals surface area contributed by atoms with Crippen LogP contribution >= 0.6 is 11.3 Å². The lowest BCUT2D eigenvalue weighted by Crippen LogP contribution is -2.11. The average molecular weight is 406 g/mol. The molecule has 0 saturated carbocycles. The number of nitrogens with zero attached hydrogens (tertiary/aromatic N) is 2. The first-order chi connectivity index (χ1) is 14.0. The maximum atomic E-state index is 13.9. The lowest BCUT2D eigenvalue weighted by atomic mass is 9.99. The Labute approximate surface area is 170 Å². The molecule has 4 nitrogen and oxygen atoms in total. The van der Waals surface area contributed by atoms with Crippen LogP contribution in [0.3, 0.4) is 0 Å². The van der Waals surface area contributed by atoms with Crippen molar-refractivity contribution in [2.75, 3.05) is 11.1 Å². The molecular formula is C22H16F2N4S. The van der Waals surface area contributed by atoms with Crippen molar-refractivity contribution in [1.82, 2.24) is 9.97 Å². The zero-order valence-corrected chi connectivity index (χ0v) is 16.2. The quantitative estimate of drug-likeness (QED) is 0.447. The normalized spacial score (nSPS) is 11.9. The van der Waals surface area contributed by atoms with Gasteiger partial charge in [0, 0.05) is 26.6 Å². The van der Waals surface area contributed by atoms with Crippen LogP contribution in [0.25, 0.3) is 21.2 Å². The zero-order valence-electron chi connectivity index (χ0n) is 15.4. The number of fused-ring (bicyclic) bond motifs is 1. The maximum absolute atomic E-state index is 13.9. The van der Waals surface area contributed by atoms with Crippen molar-refractivity contribution in [3.63, 3.8) is 0 Å². The van der Waals surface area contributed by atoms with Gasteiger partial charge in [0.15, 0.2) is 0 Å². The molecule has 0 aliphatic rings. The van der Waals surface area contributed by atoms with Crippen LogP contribution in [0.15, 0.2) is 48.8 Å². The van der Waals surface area contributed by atoms with E-state index in [-0.39, 0.29) is 11.9 Å². The molecule has 0 radical (unpaired) electrons. The second-order valence-corrected chi connectivity index (χ2v) is 7.57. The highest BCUT2D eigenvalue weighted by Crippen LogP contribution is 2.43. The Balaban J connectivity index is 1.86. The standard InChI is InChI=1S/C22H16F2N4S/c1-3-16-21(25)26-11-27-22(16)28-12(2)20-19(13-8-14(23)10-15(24)9-13)17-6-4-5-7-18(17)29-20/h1,4-12H,2H3,(H3,25,26,27,28). The summed E-state index contributed by atoms with van der Waals surface area (Å²) in [6, 6.07) is 11.0. The topological polar surface area (TPSA) is 63.8 Å². The van der Waals surface area contributed by atoms with E-state index in [0.717, 1.165) is 26.6 Å². The summed E-state index contributed by atoms with van der Waals surface area (Å²) in [4.78, 5) is 9.01. The maximum Gasteiger partial charge on any atom is 0.147 e. The van der Waals surface area contributed by atoms with E-state index in [1.165, 1.54) is 18.5 Å². The van der Waals surface area contributed by atoms with E-state index in [1.807, 2.05) is 31.2 Å². The highest BCUT2D eigenvalue weighted by atomic mass is 32.1. The summed E-state index contributed by atoms with van der Waals surface area (Å²) in [5, 5.41) is 4.19. The molecule has 2 aromatic heterocycles. The minimum absolute atomic E-state index is 0.209. The molecule has 3 N–H and O–H groups in total. The fraction of sp³-hybridized carbons (Fsp3) is 0.0909. The molecule has 0 amide bonds. The number of nitrogens with one attached hydrogen (secondary N) is 1. The predicted molar refractivity (Wildman–Crippen MR) is 114 cm³/mol. The summed E-state index contributed by atoms with van der Waals surface area (Å²) in [5.74, 6) is 1.89. The number of anilines is 2. The Morgan fingerprint density at radius 1 is 1.14 bits per heavy atom. The van der Waals surface area contributed by atoms with Crippen molar-refractivity contribution in [2.45, 2.75) is 13.0 Å². The highest BCUT2D eigenvalue weighted by Gasteiger charge is 2.21. The van der Waals surface area contributed by atoms with Crippen molar-refractivity contribution in [1.29, 1.82) is 0 Å². The molecule has 1 atom stereocenters. The average Bonchev–Trinajstić information content (AvgIpc) is 3.07. The zero-order chi connectivity index (χ0) is 20.5. The molecule has 0 aliphatic heterocycles. The number of halogens is 2.